The quantitative estimate of drug-likeness (QED) is 0.720. The zero-order valence-corrected chi connectivity index (χ0v) is 11.7. The first-order chi connectivity index (χ1) is 8.03. The highest BCUT2D eigenvalue weighted by molar-refractivity contribution is 4.77. The van der Waals surface area contributed by atoms with Crippen LogP contribution in [0.25, 0.3) is 0 Å². The lowest BCUT2D eigenvalue weighted by Crippen LogP contribution is -2.40. The lowest BCUT2D eigenvalue weighted by Gasteiger charge is -2.28. The molecule has 0 saturated heterocycles. The monoisotopic (exact) mass is 243 g/mol. The lowest BCUT2D eigenvalue weighted by atomic mass is 9.83. The van der Waals surface area contributed by atoms with Crippen molar-refractivity contribution in [3.8, 4) is 0 Å². The van der Waals surface area contributed by atoms with Gasteiger partial charge in [0.25, 0.3) is 0 Å². The van der Waals surface area contributed by atoms with E-state index in [9.17, 15) is 5.11 Å². The molecule has 0 bridgehead atoms. The average molecular weight is 243 g/mol. The molecular formula is C14H29NO2. The molecule has 0 radical (unpaired) electrons. The molecule has 0 aromatic rings. The molecule has 0 aromatic carbocycles. The highest BCUT2D eigenvalue weighted by atomic mass is 16.5. The predicted molar refractivity (Wildman–Crippen MR) is 71.1 cm³/mol. The third kappa shape index (κ3) is 6.39. The summed E-state index contributed by atoms with van der Waals surface area (Å²) in [6, 6.07) is 0. The molecule has 1 saturated carbocycles. The summed E-state index contributed by atoms with van der Waals surface area (Å²) in [5, 5.41) is 13.5. The number of hydrogen-bond acceptors (Lipinski definition) is 3. The van der Waals surface area contributed by atoms with Gasteiger partial charge in [0.1, 0.15) is 0 Å². The Bertz CT molecular complexity index is 198. The third-order valence-electron chi connectivity index (χ3n) is 3.92. The van der Waals surface area contributed by atoms with Crippen LogP contribution < -0.4 is 5.32 Å². The van der Waals surface area contributed by atoms with Crippen molar-refractivity contribution in [3.63, 3.8) is 0 Å². The number of aliphatic hydroxyl groups is 1. The standard InChI is InChI=1S/C14H29NO2/c1-12-4-6-13(7-5-12)10-15-11-14(2,16)8-9-17-3/h12-13,15-16H,4-11H2,1-3H3. The van der Waals surface area contributed by atoms with Gasteiger partial charge < -0.3 is 15.2 Å². The van der Waals surface area contributed by atoms with Crippen LogP contribution in [0.4, 0.5) is 0 Å². The first kappa shape index (κ1) is 14.9. The van der Waals surface area contributed by atoms with Crippen LogP contribution >= 0.6 is 0 Å². The molecule has 1 aliphatic carbocycles. The zero-order chi connectivity index (χ0) is 12.7. The highest BCUT2D eigenvalue weighted by Crippen LogP contribution is 2.27. The molecule has 102 valence electrons. The van der Waals surface area contributed by atoms with Crippen LogP contribution in [-0.4, -0.2) is 37.5 Å². The second-order valence-corrected chi connectivity index (χ2v) is 6.00. The Morgan fingerprint density at radius 3 is 2.53 bits per heavy atom. The van der Waals surface area contributed by atoms with E-state index in [0.717, 1.165) is 18.4 Å². The summed E-state index contributed by atoms with van der Waals surface area (Å²) >= 11 is 0. The molecule has 17 heavy (non-hydrogen) atoms. The summed E-state index contributed by atoms with van der Waals surface area (Å²) in [5.74, 6) is 1.72. The van der Waals surface area contributed by atoms with Crippen molar-refractivity contribution in [3.05, 3.63) is 0 Å². The molecule has 0 amide bonds. The number of hydrogen-bond donors (Lipinski definition) is 2. The molecule has 3 heteroatoms. The van der Waals surface area contributed by atoms with Gasteiger partial charge in [-0.1, -0.05) is 19.8 Å². The van der Waals surface area contributed by atoms with Gasteiger partial charge in [-0.15, -0.1) is 0 Å². The van der Waals surface area contributed by atoms with Gasteiger partial charge in [-0.2, -0.15) is 0 Å². The summed E-state index contributed by atoms with van der Waals surface area (Å²) in [7, 11) is 1.67. The fourth-order valence-corrected chi connectivity index (χ4v) is 2.49. The summed E-state index contributed by atoms with van der Waals surface area (Å²) in [6.07, 6.45) is 6.11. The van der Waals surface area contributed by atoms with E-state index in [0.29, 0.717) is 19.6 Å². The van der Waals surface area contributed by atoms with E-state index < -0.39 is 5.60 Å². The molecule has 0 aromatic heterocycles. The normalized spacial score (nSPS) is 28.9. The van der Waals surface area contributed by atoms with E-state index in [-0.39, 0.29) is 0 Å². The van der Waals surface area contributed by atoms with Crippen LogP contribution in [0.15, 0.2) is 0 Å². The molecule has 1 unspecified atom stereocenters. The molecule has 1 atom stereocenters. The van der Waals surface area contributed by atoms with E-state index in [2.05, 4.69) is 12.2 Å². The molecule has 3 nitrogen and oxygen atoms in total. The van der Waals surface area contributed by atoms with E-state index in [1.807, 2.05) is 6.92 Å². The van der Waals surface area contributed by atoms with Crippen LogP contribution in [0.5, 0.6) is 0 Å². The second kappa shape index (κ2) is 7.34. The van der Waals surface area contributed by atoms with Crippen LogP contribution in [0.3, 0.4) is 0 Å². The first-order valence-corrected chi connectivity index (χ1v) is 6.95. The Morgan fingerprint density at radius 2 is 1.94 bits per heavy atom. The SMILES string of the molecule is COCCC(C)(O)CNCC1CCC(C)CC1. The molecule has 0 spiro atoms. The fourth-order valence-electron chi connectivity index (χ4n) is 2.49. The van der Waals surface area contributed by atoms with Crippen molar-refractivity contribution >= 4 is 0 Å². The van der Waals surface area contributed by atoms with Crippen LogP contribution in [-0.2, 0) is 4.74 Å². The van der Waals surface area contributed by atoms with E-state index in [1.165, 1.54) is 25.7 Å². The smallest absolute Gasteiger partial charge is 0.0765 e. The van der Waals surface area contributed by atoms with Gasteiger partial charge in [0.2, 0.25) is 0 Å². The van der Waals surface area contributed by atoms with Gasteiger partial charge in [-0.05, 0) is 38.1 Å². The summed E-state index contributed by atoms with van der Waals surface area (Å²) in [6.45, 7) is 6.56. The molecule has 1 aliphatic rings. The van der Waals surface area contributed by atoms with Gasteiger partial charge in [-0.3, -0.25) is 0 Å². The van der Waals surface area contributed by atoms with E-state index >= 15 is 0 Å². The Labute approximate surface area is 106 Å². The van der Waals surface area contributed by atoms with Crippen molar-refractivity contribution < 1.29 is 9.84 Å². The predicted octanol–water partition coefficient (Wildman–Crippen LogP) is 2.19. The minimum Gasteiger partial charge on any atom is -0.389 e. The molecule has 0 heterocycles. The van der Waals surface area contributed by atoms with Crippen molar-refractivity contribution in [1.82, 2.24) is 5.32 Å². The molecule has 1 rings (SSSR count). The summed E-state index contributed by atoms with van der Waals surface area (Å²) in [4.78, 5) is 0. The minimum atomic E-state index is -0.641. The maximum Gasteiger partial charge on any atom is 0.0765 e. The van der Waals surface area contributed by atoms with Crippen molar-refractivity contribution in [2.45, 2.75) is 51.6 Å². The topological polar surface area (TPSA) is 41.5 Å². The van der Waals surface area contributed by atoms with Gasteiger partial charge in [0.15, 0.2) is 0 Å². The van der Waals surface area contributed by atoms with Crippen LogP contribution in [0.2, 0.25) is 0 Å². The first-order valence-electron chi connectivity index (χ1n) is 6.95. The minimum absolute atomic E-state index is 0.621. The van der Waals surface area contributed by atoms with Crippen LogP contribution in [0.1, 0.15) is 46.0 Å². The van der Waals surface area contributed by atoms with E-state index in [4.69, 9.17) is 4.74 Å². The Balaban J connectivity index is 2.10. The number of nitrogens with one attached hydrogen (secondary N) is 1. The largest absolute Gasteiger partial charge is 0.389 e. The molecule has 2 N–H and O–H groups in total. The molecular weight excluding hydrogens is 214 g/mol. The number of ether oxygens (including phenoxy) is 1. The summed E-state index contributed by atoms with van der Waals surface area (Å²) < 4.78 is 5.00. The van der Waals surface area contributed by atoms with Crippen molar-refractivity contribution in [2.75, 3.05) is 26.8 Å². The van der Waals surface area contributed by atoms with Gasteiger partial charge in [-0.25, -0.2) is 0 Å². The Hall–Kier alpha value is -0.120. The van der Waals surface area contributed by atoms with Crippen LogP contribution in [0, 0.1) is 11.8 Å². The van der Waals surface area contributed by atoms with Gasteiger partial charge in [0.05, 0.1) is 5.60 Å². The van der Waals surface area contributed by atoms with Gasteiger partial charge >= 0.3 is 0 Å². The maximum atomic E-state index is 10.1. The third-order valence-corrected chi connectivity index (χ3v) is 3.92. The molecule has 1 fully saturated rings. The maximum absolute atomic E-state index is 10.1. The fraction of sp³-hybridized carbons (Fsp3) is 1.00. The average Bonchev–Trinajstić information content (AvgIpc) is 2.29. The Morgan fingerprint density at radius 1 is 1.29 bits per heavy atom. The van der Waals surface area contributed by atoms with Crippen molar-refractivity contribution in [2.24, 2.45) is 11.8 Å². The second-order valence-electron chi connectivity index (χ2n) is 6.00. The number of rotatable bonds is 7. The molecule has 0 aliphatic heterocycles. The lowest BCUT2D eigenvalue weighted by molar-refractivity contribution is 0.0239. The zero-order valence-electron chi connectivity index (χ0n) is 11.7. The van der Waals surface area contributed by atoms with Crippen molar-refractivity contribution in [1.29, 1.82) is 0 Å². The highest BCUT2D eigenvalue weighted by Gasteiger charge is 2.21. The Kier molecular flexibility index (Phi) is 6.45. The van der Waals surface area contributed by atoms with Gasteiger partial charge in [0, 0.05) is 26.7 Å². The van der Waals surface area contributed by atoms with E-state index in [1.54, 1.807) is 7.11 Å². The number of methoxy groups -OCH3 is 1. The summed E-state index contributed by atoms with van der Waals surface area (Å²) in [5.41, 5.74) is -0.641.